The van der Waals surface area contributed by atoms with Gasteiger partial charge in [0.15, 0.2) is 0 Å². The Balaban J connectivity index is 2.36. The Morgan fingerprint density at radius 2 is 1.54 bits per heavy atom. The largest absolute Gasteiger partial charge is 0.416 e. The molecule has 1 amide bonds. The van der Waals surface area contributed by atoms with Crippen molar-refractivity contribution >= 4 is 11.6 Å². The minimum atomic E-state index is -4.99. The van der Waals surface area contributed by atoms with E-state index in [1.165, 1.54) is 25.3 Å². The number of anilines is 1. The molecule has 0 unspecified atom stereocenters. The first-order valence-electron chi connectivity index (χ1n) is 7.19. The molecule has 0 heterocycles. The van der Waals surface area contributed by atoms with Crippen molar-refractivity contribution in [2.24, 2.45) is 0 Å². The van der Waals surface area contributed by atoms with Crippen LogP contribution in [0.1, 0.15) is 27.0 Å². The van der Waals surface area contributed by atoms with Crippen LogP contribution in [0.2, 0.25) is 0 Å². The number of carbonyl (C=O) groups is 1. The van der Waals surface area contributed by atoms with Gasteiger partial charge in [-0.3, -0.25) is 4.79 Å². The molecule has 0 aromatic heterocycles. The number of nitrogens with one attached hydrogen (secondary N) is 1. The molecule has 0 spiro atoms. The molecular formula is C17H13F6NO2. The molecule has 0 fully saturated rings. The number of methoxy groups -OCH3 is 1. The minimum absolute atomic E-state index is 0.00509. The summed E-state index contributed by atoms with van der Waals surface area (Å²) in [6, 6.07) is 6.89. The summed E-state index contributed by atoms with van der Waals surface area (Å²) < 4.78 is 81.9. The van der Waals surface area contributed by atoms with Gasteiger partial charge in [0.05, 0.1) is 17.7 Å². The van der Waals surface area contributed by atoms with E-state index in [-0.39, 0.29) is 18.2 Å². The molecule has 2 aromatic carbocycles. The summed E-state index contributed by atoms with van der Waals surface area (Å²) in [5.74, 6) is -0.838. The maximum absolute atomic E-state index is 12.8. The predicted molar refractivity (Wildman–Crippen MR) is 81.6 cm³/mol. The van der Waals surface area contributed by atoms with E-state index in [1.54, 1.807) is 6.07 Å². The van der Waals surface area contributed by atoms with E-state index in [9.17, 15) is 31.1 Å². The van der Waals surface area contributed by atoms with Crippen LogP contribution in [0.5, 0.6) is 0 Å². The molecule has 26 heavy (non-hydrogen) atoms. The van der Waals surface area contributed by atoms with Crippen molar-refractivity contribution < 1.29 is 35.9 Å². The van der Waals surface area contributed by atoms with Gasteiger partial charge in [-0.25, -0.2) is 0 Å². The third-order valence-corrected chi connectivity index (χ3v) is 3.35. The lowest BCUT2D eigenvalue weighted by Crippen LogP contribution is -2.16. The molecule has 0 saturated carbocycles. The van der Waals surface area contributed by atoms with Crippen LogP contribution in [0.4, 0.5) is 32.0 Å². The summed E-state index contributed by atoms with van der Waals surface area (Å²) >= 11 is 0. The van der Waals surface area contributed by atoms with Crippen LogP contribution in [0.3, 0.4) is 0 Å². The first kappa shape index (κ1) is 19.8. The molecule has 0 aliphatic heterocycles. The average Bonchev–Trinajstić information content (AvgIpc) is 2.53. The number of hydrogen-bond donors (Lipinski definition) is 1. The second-order valence-corrected chi connectivity index (χ2v) is 5.38. The summed E-state index contributed by atoms with van der Waals surface area (Å²) in [6.45, 7) is 0.197. The van der Waals surface area contributed by atoms with Gasteiger partial charge < -0.3 is 10.1 Å². The van der Waals surface area contributed by atoms with Crippen molar-refractivity contribution in [3.05, 3.63) is 64.7 Å². The Morgan fingerprint density at radius 3 is 2.04 bits per heavy atom. The van der Waals surface area contributed by atoms with Crippen molar-refractivity contribution in [2.45, 2.75) is 19.0 Å². The number of rotatable bonds is 4. The summed E-state index contributed by atoms with van der Waals surface area (Å²) in [5, 5.41) is 2.07. The minimum Gasteiger partial charge on any atom is -0.380 e. The first-order chi connectivity index (χ1) is 12.0. The van der Waals surface area contributed by atoms with Crippen LogP contribution in [0, 0.1) is 0 Å². The zero-order valence-electron chi connectivity index (χ0n) is 13.3. The van der Waals surface area contributed by atoms with Gasteiger partial charge in [0, 0.05) is 18.4 Å². The fraction of sp³-hybridized carbons (Fsp3) is 0.235. The lowest BCUT2D eigenvalue weighted by atomic mass is 10.1. The number of halogens is 6. The average molecular weight is 377 g/mol. The van der Waals surface area contributed by atoms with Gasteiger partial charge in [0.25, 0.3) is 5.91 Å². The van der Waals surface area contributed by atoms with Crippen LogP contribution in [0.25, 0.3) is 0 Å². The van der Waals surface area contributed by atoms with Gasteiger partial charge in [-0.2, -0.15) is 26.3 Å². The number of carbonyl (C=O) groups excluding carboxylic acids is 1. The molecule has 0 atom stereocenters. The lowest BCUT2D eigenvalue weighted by molar-refractivity contribution is -0.143. The molecule has 0 saturated heterocycles. The van der Waals surface area contributed by atoms with Gasteiger partial charge >= 0.3 is 12.4 Å². The van der Waals surface area contributed by atoms with E-state index in [0.717, 1.165) is 0 Å². The number of amides is 1. The van der Waals surface area contributed by atoms with Crippen LogP contribution in [-0.4, -0.2) is 13.0 Å². The van der Waals surface area contributed by atoms with Crippen molar-refractivity contribution in [3.63, 3.8) is 0 Å². The van der Waals surface area contributed by atoms with E-state index in [1.807, 2.05) is 0 Å². The van der Waals surface area contributed by atoms with E-state index < -0.39 is 35.1 Å². The van der Waals surface area contributed by atoms with E-state index >= 15 is 0 Å². The Hall–Kier alpha value is -2.55. The molecule has 0 aliphatic carbocycles. The number of ether oxygens (including phenoxy) is 1. The molecule has 0 aliphatic rings. The fourth-order valence-corrected chi connectivity index (χ4v) is 2.20. The second-order valence-electron chi connectivity index (χ2n) is 5.38. The molecule has 1 N–H and O–H groups in total. The number of alkyl halides is 6. The van der Waals surface area contributed by atoms with Crippen molar-refractivity contribution in [3.8, 4) is 0 Å². The summed E-state index contributed by atoms with van der Waals surface area (Å²) in [5.41, 5.74) is -2.91. The van der Waals surface area contributed by atoms with Gasteiger partial charge in [-0.1, -0.05) is 12.1 Å². The van der Waals surface area contributed by atoms with Gasteiger partial charge in [-0.15, -0.1) is 0 Å². The molecule has 0 radical (unpaired) electrons. The van der Waals surface area contributed by atoms with Crippen LogP contribution in [0.15, 0.2) is 42.5 Å². The molecular weight excluding hydrogens is 364 g/mol. The first-order valence-corrected chi connectivity index (χ1v) is 7.19. The van der Waals surface area contributed by atoms with E-state index in [4.69, 9.17) is 4.74 Å². The maximum atomic E-state index is 12.8. The Bertz CT molecular complexity index is 766. The quantitative estimate of drug-likeness (QED) is 0.751. The Kier molecular flexibility index (Phi) is 5.60. The zero-order valence-corrected chi connectivity index (χ0v) is 13.3. The third kappa shape index (κ3) is 4.98. The third-order valence-electron chi connectivity index (χ3n) is 3.35. The summed E-state index contributed by atoms with van der Waals surface area (Å²) in [7, 11) is 1.44. The van der Waals surface area contributed by atoms with Crippen molar-refractivity contribution in [2.75, 3.05) is 12.4 Å². The smallest absolute Gasteiger partial charge is 0.380 e. The van der Waals surface area contributed by atoms with E-state index in [0.29, 0.717) is 17.7 Å². The molecule has 2 aromatic rings. The number of benzene rings is 2. The highest BCUT2D eigenvalue weighted by Gasteiger charge is 2.37. The topological polar surface area (TPSA) is 38.3 Å². The molecule has 2 rings (SSSR count). The van der Waals surface area contributed by atoms with Crippen LogP contribution >= 0.6 is 0 Å². The lowest BCUT2D eigenvalue weighted by Gasteiger charge is -2.15. The molecule has 9 heteroatoms. The maximum Gasteiger partial charge on any atom is 0.416 e. The highest BCUT2D eigenvalue weighted by atomic mass is 19.4. The molecule has 3 nitrogen and oxygen atoms in total. The molecule has 0 bridgehead atoms. The predicted octanol–water partition coefficient (Wildman–Crippen LogP) is 5.12. The summed E-state index contributed by atoms with van der Waals surface area (Å²) in [6.07, 6.45) is -9.97. The van der Waals surface area contributed by atoms with Gasteiger partial charge in [0.2, 0.25) is 0 Å². The highest BCUT2D eigenvalue weighted by Crippen LogP contribution is 2.37. The monoisotopic (exact) mass is 377 g/mol. The van der Waals surface area contributed by atoms with Gasteiger partial charge in [-0.05, 0) is 35.9 Å². The van der Waals surface area contributed by atoms with Gasteiger partial charge in [0.1, 0.15) is 0 Å². The van der Waals surface area contributed by atoms with Crippen LogP contribution < -0.4 is 5.32 Å². The Morgan fingerprint density at radius 1 is 0.962 bits per heavy atom. The zero-order chi connectivity index (χ0) is 19.5. The summed E-state index contributed by atoms with van der Waals surface area (Å²) in [4.78, 5) is 12.2. The fourth-order valence-electron chi connectivity index (χ4n) is 2.20. The van der Waals surface area contributed by atoms with Crippen LogP contribution in [-0.2, 0) is 23.7 Å². The number of hydrogen-bond acceptors (Lipinski definition) is 2. The normalized spacial score (nSPS) is 12.1. The second kappa shape index (κ2) is 7.36. The standard InChI is InChI=1S/C17H13F6NO2/c1-26-9-10-3-2-4-11(5-10)15(25)24-14-7-12(16(18,19)20)6-13(8-14)17(21,22)23/h2-8H,9H2,1H3,(H,24,25). The molecule has 140 valence electrons. The van der Waals surface area contributed by atoms with Crippen molar-refractivity contribution in [1.29, 1.82) is 0 Å². The van der Waals surface area contributed by atoms with Crippen molar-refractivity contribution in [1.82, 2.24) is 0 Å². The highest BCUT2D eigenvalue weighted by molar-refractivity contribution is 6.04. The SMILES string of the molecule is COCc1cccc(C(=O)Nc2cc(C(F)(F)F)cc(C(F)(F)F)c2)c1. The van der Waals surface area contributed by atoms with E-state index in [2.05, 4.69) is 5.32 Å². The Labute approximate surface area is 144 Å².